The maximum absolute atomic E-state index is 8.87. The van der Waals surface area contributed by atoms with E-state index >= 15 is 0 Å². The van der Waals surface area contributed by atoms with E-state index in [1.54, 1.807) is 6.33 Å². The van der Waals surface area contributed by atoms with Crippen LogP contribution in [0, 0.1) is 23.2 Å². The first-order valence-electron chi connectivity index (χ1n) is 6.55. The van der Waals surface area contributed by atoms with Crippen LogP contribution in [-0.4, -0.2) is 32.8 Å². The third kappa shape index (κ3) is 4.46. The van der Waals surface area contributed by atoms with Crippen LogP contribution in [0.3, 0.4) is 0 Å². The second kappa shape index (κ2) is 7.12. The maximum atomic E-state index is 8.87. The third-order valence-electron chi connectivity index (χ3n) is 2.80. The minimum absolute atomic E-state index is 0.0476. The lowest BCUT2D eigenvalue weighted by atomic mass is 10.2. The molecule has 0 aliphatic carbocycles. The van der Waals surface area contributed by atoms with Crippen LogP contribution in [-0.2, 0) is 13.1 Å². The van der Waals surface area contributed by atoms with Gasteiger partial charge in [0.2, 0.25) is 0 Å². The summed E-state index contributed by atoms with van der Waals surface area (Å²) in [7, 11) is 0. The predicted molar refractivity (Wildman–Crippen MR) is 70.6 cm³/mol. The van der Waals surface area contributed by atoms with Crippen LogP contribution in [0.5, 0.6) is 0 Å². The number of hydrogen-bond donors (Lipinski definition) is 0. The second-order valence-corrected chi connectivity index (χ2v) is 5.11. The Morgan fingerprint density at radius 3 is 2.72 bits per heavy atom. The highest BCUT2D eigenvalue weighted by atomic mass is 15.3. The van der Waals surface area contributed by atoms with E-state index in [4.69, 9.17) is 5.26 Å². The molecule has 100 valence electrons. The molecule has 18 heavy (non-hydrogen) atoms. The average molecular weight is 249 g/mol. The summed E-state index contributed by atoms with van der Waals surface area (Å²) in [4.78, 5) is 6.55. The lowest BCUT2D eigenvalue weighted by molar-refractivity contribution is 0.247. The number of nitrogens with zero attached hydrogens (tertiary/aromatic N) is 5. The molecule has 5 heteroatoms. The van der Waals surface area contributed by atoms with E-state index in [2.05, 4.69) is 41.8 Å². The van der Waals surface area contributed by atoms with Crippen molar-refractivity contribution in [1.82, 2.24) is 19.7 Å². The highest BCUT2D eigenvalue weighted by molar-refractivity contribution is 4.87. The molecular weight excluding hydrogens is 226 g/mol. The molecule has 1 rings (SSSR count). The Labute approximate surface area is 109 Å². The summed E-state index contributed by atoms with van der Waals surface area (Å²) in [5, 5.41) is 13.1. The standard InChI is InChI=1S/C13H23N5/c1-5-17(8-12(4)6-14)9-13-15-10-16-18(13)7-11(2)3/h10-12H,5,7-9H2,1-4H3. The largest absolute Gasteiger partial charge is 0.295 e. The molecule has 0 fully saturated rings. The maximum Gasteiger partial charge on any atom is 0.141 e. The summed E-state index contributed by atoms with van der Waals surface area (Å²) < 4.78 is 1.96. The van der Waals surface area contributed by atoms with Gasteiger partial charge in [-0.1, -0.05) is 20.8 Å². The number of rotatable bonds is 7. The summed E-state index contributed by atoms with van der Waals surface area (Å²) in [5.41, 5.74) is 0. The fourth-order valence-corrected chi connectivity index (χ4v) is 1.84. The number of nitriles is 1. The molecule has 1 aromatic rings. The molecule has 0 aliphatic heterocycles. The lowest BCUT2D eigenvalue weighted by Gasteiger charge is -2.21. The van der Waals surface area contributed by atoms with Crippen LogP contribution in [0.1, 0.15) is 33.5 Å². The molecule has 0 bridgehead atoms. The van der Waals surface area contributed by atoms with E-state index in [0.29, 0.717) is 5.92 Å². The molecule has 0 N–H and O–H groups in total. The first-order valence-corrected chi connectivity index (χ1v) is 6.55. The van der Waals surface area contributed by atoms with Gasteiger partial charge in [0.05, 0.1) is 18.5 Å². The second-order valence-electron chi connectivity index (χ2n) is 5.11. The molecule has 0 saturated heterocycles. The van der Waals surface area contributed by atoms with Crippen LogP contribution < -0.4 is 0 Å². The summed E-state index contributed by atoms with van der Waals surface area (Å²) in [6, 6.07) is 2.27. The fraction of sp³-hybridized carbons (Fsp3) is 0.769. The van der Waals surface area contributed by atoms with Crippen molar-refractivity contribution < 1.29 is 0 Å². The Kier molecular flexibility index (Phi) is 5.79. The smallest absolute Gasteiger partial charge is 0.141 e. The Morgan fingerprint density at radius 1 is 1.44 bits per heavy atom. The molecular formula is C13H23N5. The summed E-state index contributed by atoms with van der Waals surface area (Å²) in [6.07, 6.45) is 1.61. The Balaban J connectivity index is 2.64. The van der Waals surface area contributed by atoms with Crippen LogP contribution in [0.2, 0.25) is 0 Å². The van der Waals surface area contributed by atoms with E-state index in [0.717, 1.165) is 32.0 Å². The zero-order valence-corrected chi connectivity index (χ0v) is 11.8. The molecule has 1 aromatic heterocycles. The van der Waals surface area contributed by atoms with Gasteiger partial charge < -0.3 is 0 Å². The lowest BCUT2D eigenvalue weighted by Crippen LogP contribution is -2.29. The Morgan fingerprint density at radius 2 is 2.17 bits per heavy atom. The highest BCUT2D eigenvalue weighted by Crippen LogP contribution is 2.07. The van der Waals surface area contributed by atoms with Gasteiger partial charge in [-0.2, -0.15) is 10.4 Å². The van der Waals surface area contributed by atoms with Crippen molar-refractivity contribution >= 4 is 0 Å². The van der Waals surface area contributed by atoms with E-state index < -0.39 is 0 Å². The van der Waals surface area contributed by atoms with Crippen molar-refractivity contribution in [1.29, 1.82) is 5.26 Å². The van der Waals surface area contributed by atoms with Crippen LogP contribution in [0.25, 0.3) is 0 Å². The van der Waals surface area contributed by atoms with Crippen molar-refractivity contribution in [2.24, 2.45) is 11.8 Å². The monoisotopic (exact) mass is 249 g/mol. The molecule has 0 saturated carbocycles. The van der Waals surface area contributed by atoms with Gasteiger partial charge >= 0.3 is 0 Å². The van der Waals surface area contributed by atoms with Gasteiger partial charge in [0.15, 0.2) is 0 Å². The topological polar surface area (TPSA) is 57.7 Å². The van der Waals surface area contributed by atoms with Crippen LogP contribution in [0.4, 0.5) is 0 Å². The normalized spacial score (nSPS) is 12.9. The molecule has 0 spiro atoms. The zero-order chi connectivity index (χ0) is 13.5. The molecule has 0 aliphatic rings. The minimum atomic E-state index is 0.0476. The minimum Gasteiger partial charge on any atom is -0.295 e. The molecule has 0 aromatic carbocycles. The number of hydrogen-bond acceptors (Lipinski definition) is 4. The Bertz CT molecular complexity index is 390. The van der Waals surface area contributed by atoms with Crippen molar-refractivity contribution in [3.63, 3.8) is 0 Å². The predicted octanol–water partition coefficient (Wildman–Crippen LogP) is 1.92. The van der Waals surface area contributed by atoms with Gasteiger partial charge in [-0.15, -0.1) is 0 Å². The van der Waals surface area contributed by atoms with Gasteiger partial charge in [-0.25, -0.2) is 9.67 Å². The zero-order valence-electron chi connectivity index (χ0n) is 11.8. The Hall–Kier alpha value is -1.41. The van der Waals surface area contributed by atoms with Gasteiger partial charge in [0, 0.05) is 13.1 Å². The molecule has 0 amide bonds. The van der Waals surface area contributed by atoms with Crippen LogP contribution >= 0.6 is 0 Å². The first-order chi connectivity index (χ1) is 8.56. The molecule has 0 radical (unpaired) electrons. The van der Waals surface area contributed by atoms with Gasteiger partial charge in [0.25, 0.3) is 0 Å². The van der Waals surface area contributed by atoms with Crippen molar-refractivity contribution in [3.05, 3.63) is 12.2 Å². The van der Waals surface area contributed by atoms with E-state index in [9.17, 15) is 0 Å². The molecule has 1 unspecified atom stereocenters. The van der Waals surface area contributed by atoms with Gasteiger partial charge in [-0.05, 0) is 19.4 Å². The highest BCUT2D eigenvalue weighted by Gasteiger charge is 2.13. The fourth-order valence-electron chi connectivity index (χ4n) is 1.84. The van der Waals surface area contributed by atoms with E-state index in [1.807, 2.05) is 11.6 Å². The van der Waals surface area contributed by atoms with Gasteiger partial charge in [0.1, 0.15) is 12.2 Å². The quantitative estimate of drug-likeness (QED) is 0.740. The van der Waals surface area contributed by atoms with Crippen molar-refractivity contribution in [3.8, 4) is 6.07 Å². The van der Waals surface area contributed by atoms with Crippen LogP contribution in [0.15, 0.2) is 6.33 Å². The van der Waals surface area contributed by atoms with Crippen molar-refractivity contribution in [2.45, 2.75) is 40.8 Å². The molecule has 1 heterocycles. The van der Waals surface area contributed by atoms with Crippen molar-refractivity contribution in [2.75, 3.05) is 13.1 Å². The summed E-state index contributed by atoms with van der Waals surface area (Å²) in [5.74, 6) is 1.58. The summed E-state index contributed by atoms with van der Waals surface area (Å²) >= 11 is 0. The van der Waals surface area contributed by atoms with Gasteiger partial charge in [-0.3, -0.25) is 4.90 Å². The van der Waals surface area contributed by atoms with E-state index in [-0.39, 0.29) is 5.92 Å². The number of aromatic nitrogens is 3. The third-order valence-corrected chi connectivity index (χ3v) is 2.80. The average Bonchev–Trinajstić information content (AvgIpc) is 2.74. The molecule has 1 atom stereocenters. The summed E-state index contributed by atoms with van der Waals surface area (Å²) in [6.45, 7) is 11.7. The first kappa shape index (κ1) is 14.7. The van der Waals surface area contributed by atoms with E-state index in [1.165, 1.54) is 0 Å². The SMILES string of the molecule is CCN(Cc1ncnn1CC(C)C)CC(C)C#N. The molecule has 5 nitrogen and oxygen atoms in total.